The van der Waals surface area contributed by atoms with Crippen LogP contribution in [0.2, 0.25) is 5.02 Å². The van der Waals surface area contributed by atoms with E-state index in [0.29, 0.717) is 28.4 Å². The van der Waals surface area contributed by atoms with Crippen LogP contribution < -0.4 is 4.90 Å². The smallest absolute Gasteiger partial charge is 0.264 e. The zero-order valence-corrected chi connectivity index (χ0v) is 18.6. The summed E-state index contributed by atoms with van der Waals surface area (Å²) in [7, 11) is 0. The molecule has 1 heterocycles. The van der Waals surface area contributed by atoms with Crippen LogP contribution in [-0.4, -0.2) is 16.8 Å². The van der Waals surface area contributed by atoms with Crippen LogP contribution in [-0.2, 0) is 16.9 Å². The SMILES string of the molecule is Cc1ccccc1CN1C(=O)C(O)(CC(=O)c2cccc(Br)c2)c2cc(Cl)ccc21. The van der Waals surface area contributed by atoms with E-state index in [9.17, 15) is 14.7 Å². The van der Waals surface area contributed by atoms with Crippen LogP contribution in [0.15, 0.2) is 71.2 Å². The summed E-state index contributed by atoms with van der Waals surface area (Å²) in [5.74, 6) is -0.845. The highest BCUT2D eigenvalue weighted by Gasteiger charge is 2.51. The molecule has 0 spiro atoms. The highest BCUT2D eigenvalue weighted by molar-refractivity contribution is 9.10. The summed E-state index contributed by atoms with van der Waals surface area (Å²) in [6, 6.07) is 19.6. The number of amides is 1. The number of rotatable bonds is 5. The Morgan fingerprint density at radius 2 is 1.87 bits per heavy atom. The molecule has 1 atom stereocenters. The number of anilines is 1. The van der Waals surface area contributed by atoms with Crippen LogP contribution in [0.25, 0.3) is 0 Å². The number of fused-ring (bicyclic) bond motifs is 1. The fraction of sp³-hybridized carbons (Fsp3) is 0.167. The molecule has 3 aromatic carbocycles. The number of halogens is 2. The van der Waals surface area contributed by atoms with Crippen LogP contribution in [0.4, 0.5) is 5.69 Å². The molecule has 3 aromatic rings. The van der Waals surface area contributed by atoms with Crippen molar-refractivity contribution in [1.29, 1.82) is 0 Å². The maximum Gasteiger partial charge on any atom is 0.264 e. The van der Waals surface area contributed by atoms with Crippen molar-refractivity contribution in [1.82, 2.24) is 0 Å². The van der Waals surface area contributed by atoms with Gasteiger partial charge in [-0.15, -0.1) is 0 Å². The van der Waals surface area contributed by atoms with Gasteiger partial charge in [-0.05, 0) is 48.4 Å². The second-order valence-electron chi connectivity index (χ2n) is 7.45. The average Bonchev–Trinajstić information content (AvgIpc) is 2.91. The number of carbonyl (C=O) groups excluding carboxylic acids is 2. The Kier molecular flexibility index (Phi) is 5.53. The van der Waals surface area contributed by atoms with E-state index in [2.05, 4.69) is 15.9 Å². The molecule has 0 saturated carbocycles. The summed E-state index contributed by atoms with van der Waals surface area (Å²) >= 11 is 9.52. The lowest BCUT2D eigenvalue weighted by Gasteiger charge is -2.23. The largest absolute Gasteiger partial charge is 0.375 e. The molecule has 152 valence electrons. The third kappa shape index (κ3) is 3.69. The van der Waals surface area contributed by atoms with Crippen molar-refractivity contribution in [2.45, 2.75) is 25.5 Å². The lowest BCUT2D eigenvalue weighted by Crippen LogP contribution is -2.41. The zero-order valence-electron chi connectivity index (χ0n) is 16.2. The molecule has 1 N–H and O–H groups in total. The van der Waals surface area contributed by atoms with Gasteiger partial charge in [0.05, 0.1) is 18.7 Å². The van der Waals surface area contributed by atoms with Crippen molar-refractivity contribution in [3.8, 4) is 0 Å². The second-order valence-corrected chi connectivity index (χ2v) is 8.80. The molecule has 30 heavy (non-hydrogen) atoms. The Balaban J connectivity index is 1.73. The second kappa shape index (κ2) is 7.99. The van der Waals surface area contributed by atoms with E-state index < -0.39 is 11.5 Å². The maximum absolute atomic E-state index is 13.4. The van der Waals surface area contributed by atoms with Gasteiger partial charge in [-0.3, -0.25) is 9.59 Å². The number of aliphatic hydroxyl groups is 1. The van der Waals surface area contributed by atoms with Crippen molar-refractivity contribution in [3.05, 3.63) is 98.5 Å². The molecule has 6 heteroatoms. The standard InChI is InChI=1S/C24H19BrClNO3/c1-15-5-2-3-6-17(15)14-27-21-10-9-19(26)12-20(21)24(30,23(27)29)13-22(28)16-7-4-8-18(25)11-16/h2-12,30H,13-14H2,1H3. The minimum absolute atomic E-state index is 0.299. The summed E-state index contributed by atoms with van der Waals surface area (Å²) in [4.78, 5) is 27.9. The van der Waals surface area contributed by atoms with E-state index in [1.165, 1.54) is 4.90 Å². The first-order chi connectivity index (χ1) is 14.3. The quantitative estimate of drug-likeness (QED) is 0.492. The van der Waals surface area contributed by atoms with Gasteiger partial charge in [0.25, 0.3) is 5.91 Å². The van der Waals surface area contributed by atoms with Crippen LogP contribution in [0.5, 0.6) is 0 Å². The third-order valence-corrected chi connectivity index (χ3v) is 6.17. The predicted octanol–water partition coefficient (Wildman–Crippen LogP) is 5.42. The Bertz CT molecular complexity index is 1160. The molecule has 0 radical (unpaired) electrons. The number of nitrogens with zero attached hydrogens (tertiary/aromatic N) is 1. The van der Waals surface area contributed by atoms with Crippen LogP contribution in [0, 0.1) is 6.92 Å². The van der Waals surface area contributed by atoms with Crippen LogP contribution >= 0.6 is 27.5 Å². The summed E-state index contributed by atoms with van der Waals surface area (Å²) in [6.07, 6.45) is -0.361. The number of aryl methyl sites for hydroxylation is 1. The monoisotopic (exact) mass is 483 g/mol. The van der Waals surface area contributed by atoms with Gasteiger partial charge in [0.2, 0.25) is 0 Å². The van der Waals surface area contributed by atoms with Gasteiger partial charge in [-0.1, -0.05) is 63.9 Å². The van der Waals surface area contributed by atoms with Gasteiger partial charge < -0.3 is 10.0 Å². The number of hydrogen-bond acceptors (Lipinski definition) is 3. The molecule has 1 aliphatic heterocycles. The fourth-order valence-corrected chi connectivity index (χ4v) is 4.38. The third-order valence-electron chi connectivity index (χ3n) is 5.45. The van der Waals surface area contributed by atoms with Gasteiger partial charge in [-0.2, -0.15) is 0 Å². The van der Waals surface area contributed by atoms with Crippen molar-refractivity contribution in [3.63, 3.8) is 0 Å². The minimum Gasteiger partial charge on any atom is -0.375 e. The normalized spacial score (nSPS) is 17.9. The Hall–Kier alpha value is -2.47. The predicted molar refractivity (Wildman–Crippen MR) is 121 cm³/mol. The lowest BCUT2D eigenvalue weighted by atomic mass is 9.88. The molecule has 1 aliphatic rings. The number of hydrogen-bond donors (Lipinski definition) is 1. The first-order valence-corrected chi connectivity index (χ1v) is 10.6. The number of benzene rings is 3. The molecule has 0 fully saturated rings. The zero-order chi connectivity index (χ0) is 21.5. The number of ketones is 1. The molecular formula is C24H19BrClNO3. The van der Waals surface area contributed by atoms with E-state index in [0.717, 1.165) is 15.6 Å². The van der Waals surface area contributed by atoms with Gasteiger partial charge in [0.1, 0.15) is 0 Å². The van der Waals surface area contributed by atoms with Gasteiger partial charge >= 0.3 is 0 Å². The molecule has 1 amide bonds. The first kappa shape index (κ1) is 20.8. The maximum atomic E-state index is 13.4. The molecular weight excluding hydrogens is 466 g/mol. The van der Waals surface area contributed by atoms with Crippen molar-refractivity contribution >= 4 is 44.9 Å². The van der Waals surface area contributed by atoms with Gasteiger partial charge in [0, 0.05) is 20.6 Å². The minimum atomic E-state index is -1.97. The van der Waals surface area contributed by atoms with E-state index in [4.69, 9.17) is 11.6 Å². The van der Waals surface area contributed by atoms with Crippen molar-refractivity contribution in [2.24, 2.45) is 0 Å². The van der Waals surface area contributed by atoms with E-state index in [1.54, 1.807) is 36.4 Å². The molecule has 4 rings (SSSR count). The van der Waals surface area contributed by atoms with E-state index in [1.807, 2.05) is 37.3 Å². The summed E-state index contributed by atoms with van der Waals surface area (Å²) in [5.41, 5.74) is 1.39. The van der Waals surface area contributed by atoms with E-state index in [-0.39, 0.29) is 12.2 Å². The summed E-state index contributed by atoms with van der Waals surface area (Å²) in [5, 5.41) is 11.9. The van der Waals surface area contributed by atoms with Crippen molar-refractivity contribution in [2.75, 3.05) is 4.90 Å². The lowest BCUT2D eigenvalue weighted by molar-refractivity contribution is -0.136. The molecule has 0 saturated heterocycles. The Morgan fingerprint density at radius 1 is 1.10 bits per heavy atom. The number of Topliss-reactive ketones (excluding diaryl/α,β-unsaturated/α-hetero) is 1. The molecule has 1 unspecified atom stereocenters. The summed E-state index contributed by atoms with van der Waals surface area (Å²) in [6.45, 7) is 2.27. The van der Waals surface area contributed by atoms with Gasteiger partial charge in [-0.25, -0.2) is 0 Å². The topological polar surface area (TPSA) is 57.6 Å². The number of carbonyl (C=O) groups is 2. The Labute approximate surface area is 188 Å². The highest BCUT2D eigenvalue weighted by Crippen LogP contribution is 2.45. The highest BCUT2D eigenvalue weighted by atomic mass is 79.9. The van der Waals surface area contributed by atoms with Crippen LogP contribution in [0.1, 0.15) is 33.5 Å². The molecule has 4 nitrogen and oxygen atoms in total. The first-order valence-electron chi connectivity index (χ1n) is 9.47. The van der Waals surface area contributed by atoms with Gasteiger partial charge in [0.15, 0.2) is 11.4 Å². The molecule has 0 bridgehead atoms. The molecule has 0 aromatic heterocycles. The van der Waals surface area contributed by atoms with Crippen LogP contribution in [0.3, 0.4) is 0 Å². The Morgan fingerprint density at radius 3 is 2.60 bits per heavy atom. The average molecular weight is 485 g/mol. The summed E-state index contributed by atoms with van der Waals surface area (Å²) < 4.78 is 0.753. The van der Waals surface area contributed by atoms with Crippen molar-refractivity contribution < 1.29 is 14.7 Å². The molecule has 0 aliphatic carbocycles. The fourth-order valence-electron chi connectivity index (χ4n) is 3.80. The van der Waals surface area contributed by atoms with E-state index >= 15 is 0 Å².